The zero-order chi connectivity index (χ0) is 15.4. The van der Waals surface area contributed by atoms with Gasteiger partial charge in [-0.2, -0.15) is 0 Å². The molecule has 5 nitrogen and oxygen atoms in total. The Morgan fingerprint density at radius 3 is 2.52 bits per heavy atom. The van der Waals surface area contributed by atoms with Gasteiger partial charge in [-0.25, -0.2) is 9.78 Å². The molecule has 110 valence electrons. The molecule has 0 fully saturated rings. The zero-order valence-electron chi connectivity index (χ0n) is 12.4. The van der Waals surface area contributed by atoms with E-state index in [9.17, 15) is 4.79 Å². The summed E-state index contributed by atoms with van der Waals surface area (Å²) in [4.78, 5) is 16.0. The molecule has 0 spiro atoms. The standard InChI is InChI=1S/C16H19N3O2/c1-4-21-16(20)13-8-15(18-9-14(13)17)19-12-6-10(2)5-11(3)7-12/h5-9H,4,17H2,1-3H3,(H,18,19). The fourth-order valence-corrected chi connectivity index (χ4v) is 2.11. The molecule has 0 bridgehead atoms. The van der Waals surface area contributed by atoms with Crippen LogP contribution in [0.25, 0.3) is 0 Å². The van der Waals surface area contributed by atoms with Crippen LogP contribution in [0.4, 0.5) is 17.2 Å². The molecule has 3 N–H and O–H groups in total. The molecule has 0 atom stereocenters. The first-order valence-electron chi connectivity index (χ1n) is 6.77. The van der Waals surface area contributed by atoms with E-state index >= 15 is 0 Å². The summed E-state index contributed by atoms with van der Waals surface area (Å²) in [6.07, 6.45) is 1.46. The number of benzene rings is 1. The van der Waals surface area contributed by atoms with E-state index in [1.54, 1.807) is 13.0 Å². The minimum absolute atomic E-state index is 0.305. The SMILES string of the molecule is CCOC(=O)c1cc(Nc2cc(C)cc(C)c2)ncc1N. The number of hydrogen-bond acceptors (Lipinski definition) is 5. The van der Waals surface area contributed by atoms with Crippen LogP contribution in [0, 0.1) is 13.8 Å². The number of anilines is 3. The summed E-state index contributed by atoms with van der Waals surface area (Å²) in [5, 5.41) is 3.18. The second-order valence-corrected chi connectivity index (χ2v) is 4.88. The van der Waals surface area contributed by atoms with E-state index in [-0.39, 0.29) is 0 Å². The topological polar surface area (TPSA) is 77.2 Å². The number of ether oxygens (including phenoxy) is 1. The summed E-state index contributed by atoms with van der Waals surface area (Å²) < 4.78 is 4.98. The Labute approximate surface area is 124 Å². The molecule has 2 rings (SSSR count). The highest BCUT2D eigenvalue weighted by atomic mass is 16.5. The number of rotatable bonds is 4. The van der Waals surface area contributed by atoms with Crippen molar-refractivity contribution in [1.29, 1.82) is 0 Å². The van der Waals surface area contributed by atoms with Gasteiger partial charge < -0.3 is 15.8 Å². The quantitative estimate of drug-likeness (QED) is 0.843. The number of nitrogen functional groups attached to an aromatic ring is 1. The van der Waals surface area contributed by atoms with Crippen molar-refractivity contribution in [3.05, 3.63) is 47.2 Å². The van der Waals surface area contributed by atoms with Gasteiger partial charge in [0.05, 0.1) is 24.1 Å². The fourth-order valence-electron chi connectivity index (χ4n) is 2.11. The number of aryl methyl sites for hydroxylation is 2. The van der Waals surface area contributed by atoms with Gasteiger partial charge in [-0.05, 0) is 50.1 Å². The predicted molar refractivity (Wildman–Crippen MR) is 83.8 cm³/mol. The largest absolute Gasteiger partial charge is 0.462 e. The number of nitrogens with zero attached hydrogens (tertiary/aromatic N) is 1. The Hall–Kier alpha value is -2.56. The van der Waals surface area contributed by atoms with Gasteiger partial charge in [0.1, 0.15) is 5.82 Å². The first-order valence-corrected chi connectivity index (χ1v) is 6.77. The minimum Gasteiger partial charge on any atom is -0.462 e. The number of esters is 1. The summed E-state index contributed by atoms with van der Waals surface area (Å²) >= 11 is 0. The van der Waals surface area contributed by atoms with Crippen LogP contribution >= 0.6 is 0 Å². The molecule has 2 aromatic rings. The number of hydrogen-bond donors (Lipinski definition) is 2. The van der Waals surface area contributed by atoms with Gasteiger partial charge in [-0.1, -0.05) is 6.07 Å². The molecule has 0 amide bonds. The Morgan fingerprint density at radius 2 is 1.90 bits per heavy atom. The van der Waals surface area contributed by atoms with E-state index in [0.29, 0.717) is 23.7 Å². The molecule has 0 aliphatic carbocycles. The molecule has 5 heteroatoms. The molecule has 0 saturated heterocycles. The predicted octanol–water partition coefficient (Wildman–Crippen LogP) is 3.20. The van der Waals surface area contributed by atoms with Crippen molar-refractivity contribution in [2.75, 3.05) is 17.7 Å². The molecule has 0 radical (unpaired) electrons. The number of pyridine rings is 1. The molecule has 21 heavy (non-hydrogen) atoms. The summed E-state index contributed by atoms with van der Waals surface area (Å²) in [7, 11) is 0. The van der Waals surface area contributed by atoms with Gasteiger partial charge in [0.2, 0.25) is 0 Å². The number of carbonyl (C=O) groups is 1. The van der Waals surface area contributed by atoms with Gasteiger partial charge in [0, 0.05) is 5.69 Å². The fraction of sp³-hybridized carbons (Fsp3) is 0.250. The molecule has 1 heterocycles. The third-order valence-electron chi connectivity index (χ3n) is 2.92. The average molecular weight is 285 g/mol. The van der Waals surface area contributed by atoms with Crippen LogP contribution in [-0.2, 0) is 4.74 Å². The number of carbonyl (C=O) groups excluding carboxylic acids is 1. The smallest absolute Gasteiger partial charge is 0.340 e. The van der Waals surface area contributed by atoms with Gasteiger partial charge in [-0.3, -0.25) is 0 Å². The maximum Gasteiger partial charge on any atom is 0.340 e. The van der Waals surface area contributed by atoms with Crippen LogP contribution in [0.15, 0.2) is 30.5 Å². The third-order valence-corrected chi connectivity index (χ3v) is 2.92. The molecule has 0 saturated carbocycles. The normalized spacial score (nSPS) is 10.2. The Bertz CT molecular complexity index is 648. The second-order valence-electron chi connectivity index (χ2n) is 4.88. The molecule has 0 aliphatic rings. The van der Waals surface area contributed by atoms with Crippen molar-refractivity contribution in [3.8, 4) is 0 Å². The van der Waals surface area contributed by atoms with Crippen molar-refractivity contribution in [2.24, 2.45) is 0 Å². The summed E-state index contributed by atoms with van der Waals surface area (Å²) in [5.41, 5.74) is 9.61. The Morgan fingerprint density at radius 1 is 1.24 bits per heavy atom. The molecule has 0 unspecified atom stereocenters. The first kappa shape index (κ1) is 14.8. The molecule has 1 aromatic heterocycles. The van der Waals surface area contributed by atoms with Crippen LogP contribution < -0.4 is 11.1 Å². The third kappa shape index (κ3) is 3.72. The molecular formula is C16H19N3O2. The van der Waals surface area contributed by atoms with E-state index < -0.39 is 5.97 Å². The Balaban J connectivity index is 2.28. The zero-order valence-corrected chi connectivity index (χ0v) is 12.4. The number of nitrogens with one attached hydrogen (secondary N) is 1. The molecular weight excluding hydrogens is 266 g/mol. The van der Waals surface area contributed by atoms with E-state index in [4.69, 9.17) is 10.5 Å². The average Bonchev–Trinajstić information content (AvgIpc) is 2.40. The maximum absolute atomic E-state index is 11.8. The summed E-state index contributed by atoms with van der Waals surface area (Å²) in [6, 6.07) is 7.71. The van der Waals surface area contributed by atoms with Gasteiger partial charge >= 0.3 is 5.97 Å². The highest BCUT2D eigenvalue weighted by Gasteiger charge is 2.12. The summed E-state index contributed by atoms with van der Waals surface area (Å²) in [6.45, 7) is 6.11. The van der Waals surface area contributed by atoms with Crippen molar-refractivity contribution in [1.82, 2.24) is 4.98 Å². The number of aromatic nitrogens is 1. The lowest BCUT2D eigenvalue weighted by atomic mass is 10.1. The van der Waals surface area contributed by atoms with E-state index in [1.165, 1.54) is 6.20 Å². The number of nitrogens with two attached hydrogens (primary N) is 1. The van der Waals surface area contributed by atoms with Gasteiger partial charge in [-0.15, -0.1) is 0 Å². The lowest BCUT2D eigenvalue weighted by molar-refractivity contribution is 0.0527. The van der Waals surface area contributed by atoms with Crippen LogP contribution in [-0.4, -0.2) is 17.6 Å². The van der Waals surface area contributed by atoms with Crippen molar-refractivity contribution in [3.63, 3.8) is 0 Å². The lowest BCUT2D eigenvalue weighted by Gasteiger charge is -2.10. The van der Waals surface area contributed by atoms with Crippen LogP contribution in [0.1, 0.15) is 28.4 Å². The second kappa shape index (κ2) is 6.26. The van der Waals surface area contributed by atoms with Gasteiger partial charge in [0.25, 0.3) is 0 Å². The monoisotopic (exact) mass is 285 g/mol. The Kier molecular flexibility index (Phi) is 4.42. The molecule has 0 aliphatic heterocycles. The van der Waals surface area contributed by atoms with E-state index in [0.717, 1.165) is 16.8 Å². The van der Waals surface area contributed by atoms with Crippen LogP contribution in [0.3, 0.4) is 0 Å². The maximum atomic E-state index is 11.8. The highest BCUT2D eigenvalue weighted by Crippen LogP contribution is 2.21. The van der Waals surface area contributed by atoms with Gasteiger partial charge in [0.15, 0.2) is 0 Å². The van der Waals surface area contributed by atoms with Crippen LogP contribution in [0.5, 0.6) is 0 Å². The van der Waals surface area contributed by atoms with E-state index in [1.807, 2.05) is 26.0 Å². The van der Waals surface area contributed by atoms with E-state index in [2.05, 4.69) is 16.4 Å². The highest BCUT2D eigenvalue weighted by molar-refractivity contribution is 5.95. The van der Waals surface area contributed by atoms with Crippen molar-refractivity contribution < 1.29 is 9.53 Å². The first-order chi connectivity index (χ1) is 9.99. The molecule has 1 aromatic carbocycles. The lowest BCUT2D eigenvalue weighted by Crippen LogP contribution is -2.09. The van der Waals surface area contributed by atoms with Crippen molar-refractivity contribution >= 4 is 23.2 Å². The van der Waals surface area contributed by atoms with Crippen LogP contribution in [0.2, 0.25) is 0 Å². The summed E-state index contributed by atoms with van der Waals surface area (Å²) in [5.74, 6) is 0.109. The van der Waals surface area contributed by atoms with Crippen molar-refractivity contribution in [2.45, 2.75) is 20.8 Å². The minimum atomic E-state index is -0.444.